The van der Waals surface area contributed by atoms with Gasteiger partial charge in [0.05, 0.1) is 17.8 Å². The normalized spacial score (nSPS) is 15.4. The molecule has 1 aliphatic carbocycles. The Kier molecular flexibility index (Phi) is 8.72. The van der Waals surface area contributed by atoms with Crippen LogP contribution in [-0.2, 0) is 29.2 Å². The van der Waals surface area contributed by atoms with Crippen molar-refractivity contribution >= 4 is 21.8 Å². The summed E-state index contributed by atoms with van der Waals surface area (Å²) < 4.78 is 29.7. The van der Waals surface area contributed by atoms with Crippen molar-refractivity contribution in [3.63, 3.8) is 0 Å². The number of carbonyl (C=O) groups excluding carboxylic acids is 1. The van der Waals surface area contributed by atoms with Crippen LogP contribution in [0, 0.1) is 11.8 Å². The first kappa shape index (κ1) is 27.6. The van der Waals surface area contributed by atoms with Gasteiger partial charge in [0.1, 0.15) is 5.75 Å². The van der Waals surface area contributed by atoms with Gasteiger partial charge in [0, 0.05) is 12.1 Å². The molecule has 5 nitrogen and oxygen atoms in total. The first-order chi connectivity index (χ1) is 18.2. The second-order valence-corrected chi connectivity index (χ2v) is 12.5. The summed E-state index contributed by atoms with van der Waals surface area (Å²) in [5.41, 5.74) is 6.35. The van der Waals surface area contributed by atoms with Crippen LogP contribution in [-0.4, -0.2) is 27.2 Å². The molecule has 3 aromatic rings. The first-order valence-electron chi connectivity index (χ1n) is 13.3. The van der Waals surface area contributed by atoms with Crippen molar-refractivity contribution in [2.75, 3.05) is 12.9 Å². The van der Waals surface area contributed by atoms with E-state index in [2.05, 4.69) is 37.4 Å². The number of para-hydroxylation sites is 1. The molecule has 0 aliphatic heterocycles. The largest absolute Gasteiger partial charge is 0.496 e. The van der Waals surface area contributed by atoms with Gasteiger partial charge in [-0.2, -0.15) is 0 Å². The van der Waals surface area contributed by atoms with Crippen molar-refractivity contribution in [2.24, 2.45) is 11.8 Å². The first-order valence-corrected chi connectivity index (χ1v) is 14.9. The molecule has 200 valence electrons. The van der Waals surface area contributed by atoms with Crippen LogP contribution < -0.4 is 10.1 Å². The molecule has 0 spiro atoms. The van der Waals surface area contributed by atoms with Gasteiger partial charge < -0.3 is 10.1 Å². The molecule has 4 rings (SSSR count). The number of benzene rings is 3. The van der Waals surface area contributed by atoms with Gasteiger partial charge in [0.2, 0.25) is 0 Å². The Bertz CT molecular complexity index is 1420. The smallest absolute Gasteiger partial charge is 0.251 e. The van der Waals surface area contributed by atoms with Gasteiger partial charge in [0.15, 0.2) is 9.84 Å². The van der Waals surface area contributed by atoms with E-state index in [4.69, 9.17) is 4.74 Å². The van der Waals surface area contributed by atoms with Crippen molar-refractivity contribution in [3.8, 4) is 5.75 Å². The minimum Gasteiger partial charge on any atom is -0.496 e. The maximum absolute atomic E-state index is 13.0. The highest BCUT2D eigenvalue weighted by Gasteiger charge is 2.24. The van der Waals surface area contributed by atoms with Gasteiger partial charge in [-0.1, -0.05) is 68.8 Å². The van der Waals surface area contributed by atoms with Gasteiger partial charge in [-0.25, -0.2) is 8.42 Å². The summed E-state index contributed by atoms with van der Waals surface area (Å²) in [7, 11) is -1.53. The summed E-state index contributed by atoms with van der Waals surface area (Å²) in [5.74, 6) is 1.76. The van der Waals surface area contributed by atoms with Gasteiger partial charge in [-0.3, -0.25) is 4.79 Å². The molecule has 0 bridgehead atoms. The zero-order valence-electron chi connectivity index (χ0n) is 22.7. The Hall–Kier alpha value is -3.38. The van der Waals surface area contributed by atoms with E-state index in [1.54, 1.807) is 38.3 Å². The molecule has 1 unspecified atom stereocenters. The lowest BCUT2D eigenvalue weighted by Gasteiger charge is -2.23. The number of allylic oxidation sites excluding steroid dienone is 1. The predicted octanol–water partition coefficient (Wildman–Crippen LogP) is 6.26. The fraction of sp³-hybridized carbons (Fsp3) is 0.344. The van der Waals surface area contributed by atoms with Crippen LogP contribution in [0.4, 0.5) is 0 Å². The molecule has 0 saturated heterocycles. The van der Waals surface area contributed by atoms with E-state index in [0.717, 1.165) is 36.1 Å². The van der Waals surface area contributed by atoms with Crippen LogP contribution in [0.1, 0.15) is 59.8 Å². The van der Waals surface area contributed by atoms with Gasteiger partial charge in [-0.05, 0) is 83.7 Å². The molecule has 0 saturated carbocycles. The van der Waals surface area contributed by atoms with E-state index in [1.165, 1.54) is 16.7 Å². The molecule has 38 heavy (non-hydrogen) atoms. The topological polar surface area (TPSA) is 72.5 Å². The minimum absolute atomic E-state index is 0.0639. The van der Waals surface area contributed by atoms with Crippen LogP contribution in [0.25, 0.3) is 6.08 Å². The number of aryl methyl sites for hydroxylation is 1. The lowest BCUT2D eigenvalue weighted by molar-refractivity contribution is 0.0951. The average Bonchev–Trinajstić information content (AvgIpc) is 3.11. The maximum Gasteiger partial charge on any atom is 0.251 e. The van der Waals surface area contributed by atoms with E-state index in [1.807, 2.05) is 30.3 Å². The number of hydrogen-bond acceptors (Lipinski definition) is 4. The standard InChI is InChI=1S/C32H37NO4S/c1-5-38(35,36)29-15-10-23(11-16-29)21-33-32(34)26-13-12-24-14-17-30(22(2)3)28(20-27(24)19-26)18-25-8-6-7-9-31(25)37-4/h6-13,15-16,19-20,22,30H,5,14,17-18,21H2,1-4H3,(H,33,34). The predicted molar refractivity (Wildman–Crippen MR) is 153 cm³/mol. The van der Waals surface area contributed by atoms with Gasteiger partial charge in [-0.15, -0.1) is 0 Å². The van der Waals surface area contributed by atoms with Gasteiger partial charge >= 0.3 is 0 Å². The summed E-state index contributed by atoms with van der Waals surface area (Å²) in [6.45, 7) is 6.51. The maximum atomic E-state index is 13.0. The number of fused-ring (bicyclic) bond motifs is 1. The Balaban J connectivity index is 1.55. The number of nitrogens with one attached hydrogen (secondary N) is 1. The number of methoxy groups -OCH3 is 1. The number of ether oxygens (including phenoxy) is 1. The fourth-order valence-corrected chi connectivity index (χ4v) is 6.06. The van der Waals surface area contributed by atoms with E-state index < -0.39 is 9.84 Å². The second-order valence-electron chi connectivity index (χ2n) is 10.2. The van der Waals surface area contributed by atoms with E-state index in [0.29, 0.717) is 28.8 Å². The Morgan fingerprint density at radius 1 is 1.05 bits per heavy atom. The molecule has 6 heteroatoms. The summed E-state index contributed by atoms with van der Waals surface area (Å²) in [5, 5.41) is 2.98. The SMILES string of the molecule is CCS(=O)(=O)c1ccc(CNC(=O)c2ccc3c(c2)C=C(Cc2ccccc2OC)C(C(C)C)CC3)cc1. The molecule has 0 fully saturated rings. The van der Waals surface area contributed by atoms with Crippen molar-refractivity contribution < 1.29 is 17.9 Å². The van der Waals surface area contributed by atoms with E-state index in [9.17, 15) is 13.2 Å². The average molecular weight is 532 g/mol. The second kappa shape index (κ2) is 12.0. The highest BCUT2D eigenvalue weighted by molar-refractivity contribution is 7.91. The monoisotopic (exact) mass is 531 g/mol. The van der Waals surface area contributed by atoms with Crippen LogP contribution in [0.15, 0.2) is 77.2 Å². The zero-order valence-corrected chi connectivity index (χ0v) is 23.5. The number of rotatable bonds is 9. The van der Waals surface area contributed by atoms with Gasteiger partial charge in [0.25, 0.3) is 5.91 Å². The molecule has 1 aliphatic rings. The molecule has 0 aromatic heterocycles. The van der Waals surface area contributed by atoms with Crippen LogP contribution >= 0.6 is 0 Å². The van der Waals surface area contributed by atoms with E-state index >= 15 is 0 Å². The molecular formula is C32H37NO4S. The Morgan fingerprint density at radius 3 is 2.47 bits per heavy atom. The fourth-order valence-electron chi connectivity index (χ4n) is 5.18. The summed E-state index contributed by atoms with van der Waals surface area (Å²) in [6.07, 6.45) is 5.13. The Morgan fingerprint density at radius 2 is 1.79 bits per heavy atom. The van der Waals surface area contributed by atoms with Crippen molar-refractivity contribution in [3.05, 3.63) is 100 Å². The molecule has 0 heterocycles. The van der Waals surface area contributed by atoms with Crippen LogP contribution in [0.5, 0.6) is 5.75 Å². The van der Waals surface area contributed by atoms with Crippen LogP contribution in [0.2, 0.25) is 0 Å². The minimum atomic E-state index is -3.24. The molecule has 1 amide bonds. The van der Waals surface area contributed by atoms with Crippen LogP contribution in [0.3, 0.4) is 0 Å². The highest BCUT2D eigenvalue weighted by Crippen LogP contribution is 2.36. The number of carbonyl (C=O) groups is 1. The summed E-state index contributed by atoms with van der Waals surface area (Å²) in [6, 6.07) is 20.8. The van der Waals surface area contributed by atoms with Crippen molar-refractivity contribution in [1.29, 1.82) is 0 Å². The van der Waals surface area contributed by atoms with E-state index in [-0.39, 0.29) is 11.7 Å². The third-order valence-electron chi connectivity index (χ3n) is 7.46. The highest BCUT2D eigenvalue weighted by atomic mass is 32.2. The third kappa shape index (κ3) is 6.36. The number of amides is 1. The molecule has 1 atom stereocenters. The lowest BCUT2D eigenvalue weighted by Crippen LogP contribution is -2.23. The molecule has 0 radical (unpaired) electrons. The van der Waals surface area contributed by atoms with Crippen molar-refractivity contribution in [2.45, 2.75) is 51.5 Å². The number of sulfone groups is 1. The molecule has 1 N–H and O–H groups in total. The third-order valence-corrected chi connectivity index (χ3v) is 9.21. The van der Waals surface area contributed by atoms with Crippen molar-refractivity contribution in [1.82, 2.24) is 5.32 Å². The molecule has 3 aromatic carbocycles. The lowest BCUT2D eigenvalue weighted by atomic mass is 9.82. The molecular weight excluding hydrogens is 494 g/mol. The summed E-state index contributed by atoms with van der Waals surface area (Å²) in [4.78, 5) is 13.3. The Labute approximate surface area is 226 Å². The zero-order chi connectivity index (χ0) is 27.3. The summed E-state index contributed by atoms with van der Waals surface area (Å²) >= 11 is 0. The quantitative estimate of drug-likeness (QED) is 0.354. The number of hydrogen-bond donors (Lipinski definition) is 1.